The van der Waals surface area contributed by atoms with Crippen molar-refractivity contribution in [1.82, 2.24) is 9.13 Å². The first-order valence-corrected chi connectivity index (χ1v) is 8.27. The van der Waals surface area contributed by atoms with Crippen molar-refractivity contribution < 1.29 is 13.2 Å². The molecule has 0 aliphatic heterocycles. The molecule has 0 aliphatic carbocycles. The lowest BCUT2D eigenvalue weighted by Crippen LogP contribution is -2.39. The van der Waals surface area contributed by atoms with E-state index in [2.05, 4.69) is 0 Å². The van der Waals surface area contributed by atoms with Gasteiger partial charge >= 0.3 is 5.69 Å². The van der Waals surface area contributed by atoms with Gasteiger partial charge in [-0.05, 0) is 32.0 Å². The number of aromatic nitrogens is 2. The van der Waals surface area contributed by atoms with Crippen LogP contribution in [-0.4, -0.2) is 34.3 Å². The van der Waals surface area contributed by atoms with Crippen molar-refractivity contribution in [2.45, 2.75) is 18.6 Å². The van der Waals surface area contributed by atoms with Gasteiger partial charge < -0.3 is 0 Å². The molecule has 1 aromatic carbocycles. The minimum absolute atomic E-state index is 0.197. The molecule has 0 bridgehead atoms. The molecule has 0 spiro atoms. The van der Waals surface area contributed by atoms with E-state index in [4.69, 9.17) is 0 Å². The summed E-state index contributed by atoms with van der Waals surface area (Å²) in [7, 11) is -0.282. The first-order valence-electron chi connectivity index (χ1n) is 6.38. The molecule has 0 unspecified atom stereocenters. The highest BCUT2D eigenvalue weighted by atomic mass is 32.2. The lowest BCUT2D eigenvalue weighted by molar-refractivity contribution is 0.0954. The smallest absolute Gasteiger partial charge is 0.295 e. The number of imidazole rings is 1. The van der Waals surface area contributed by atoms with E-state index < -0.39 is 20.4 Å². The number of carbonyl (C=O) groups excluding carboxylic acids is 1. The minimum atomic E-state index is -3.54. The van der Waals surface area contributed by atoms with Gasteiger partial charge in [-0.15, -0.1) is 0 Å². The minimum Gasteiger partial charge on any atom is -0.295 e. The predicted octanol–water partition coefficient (Wildman–Crippen LogP) is 0.883. The second-order valence-corrected chi connectivity index (χ2v) is 8.28. The zero-order valence-corrected chi connectivity index (χ0v) is 13.5. The zero-order chi connectivity index (χ0) is 16.2. The number of rotatable bonds is 3. The molecule has 0 saturated carbocycles. The number of hydrogen-bond donors (Lipinski definition) is 0. The first kappa shape index (κ1) is 15.5. The van der Waals surface area contributed by atoms with Gasteiger partial charge in [0.1, 0.15) is 4.75 Å². The molecular weight excluding hydrogens is 292 g/mol. The lowest BCUT2D eigenvalue weighted by Gasteiger charge is -2.20. The number of Topliss-reactive ketones (excluding diaryl/α,β-unsaturated/α-hetero) is 1. The molecule has 0 radical (unpaired) electrons. The van der Waals surface area contributed by atoms with E-state index in [1.165, 1.54) is 23.0 Å². The molecule has 1 heterocycles. The van der Waals surface area contributed by atoms with Crippen molar-refractivity contribution in [1.29, 1.82) is 0 Å². The molecule has 0 saturated heterocycles. The fourth-order valence-electron chi connectivity index (χ4n) is 2.16. The Morgan fingerprint density at radius 1 is 1.10 bits per heavy atom. The molecule has 0 fully saturated rings. The molecule has 0 aliphatic rings. The topological polar surface area (TPSA) is 78.1 Å². The maximum Gasteiger partial charge on any atom is 0.328 e. The Kier molecular flexibility index (Phi) is 3.36. The fraction of sp³-hybridized carbons (Fsp3) is 0.429. The van der Waals surface area contributed by atoms with Crippen molar-refractivity contribution in [2.24, 2.45) is 14.1 Å². The van der Waals surface area contributed by atoms with Crippen LogP contribution >= 0.6 is 0 Å². The number of ketones is 1. The molecule has 6 nitrogen and oxygen atoms in total. The van der Waals surface area contributed by atoms with Crippen LogP contribution in [0.5, 0.6) is 0 Å². The van der Waals surface area contributed by atoms with Gasteiger partial charge in [-0.1, -0.05) is 0 Å². The molecule has 0 amide bonds. The number of carbonyl (C=O) groups is 1. The van der Waals surface area contributed by atoms with Gasteiger partial charge in [0.2, 0.25) is 0 Å². The Morgan fingerprint density at radius 3 is 2.14 bits per heavy atom. The highest BCUT2D eigenvalue weighted by Crippen LogP contribution is 2.23. The van der Waals surface area contributed by atoms with E-state index >= 15 is 0 Å². The molecule has 21 heavy (non-hydrogen) atoms. The standard InChI is InChI=1S/C14H18N2O4S/c1-14(2,21(5,19)20)12(17)9-6-7-10-11(8-9)16(4)13(18)15(10)3/h6-8H,1-5H3. The third-order valence-corrected chi connectivity index (χ3v) is 6.05. The Labute approximate surface area is 122 Å². The monoisotopic (exact) mass is 310 g/mol. The Morgan fingerprint density at radius 2 is 1.62 bits per heavy atom. The first-order chi connectivity index (χ1) is 9.48. The summed E-state index contributed by atoms with van der Waals surface area (Å²) in [6.07, 6.45) is 1.04. The largest absolute Gasteiger partial charge is 0.328 e. The van der Waals surface area contributed by atoms with Crippen LogP contribution in [0.2, 0.25) is 0 Å². The van der Waals surface area contributed by atoms with E-state index in [9.17, 15) is 18.0 Å². The molecular formula is C14H18N2O4S. The highest BCUT2D eigenvalue weighted by molar-refractivity contribution is 7.92. The van der Waals surface area contributed by atoms with Crippen molar-refractivity contribution in [3.63, 3.8) is 0 Å². The van der Waals surface area contributed by atoms with Crippen molar-refractivity contribution in [2.75, 3.05) is 6.26 Å². The Balaban J connectivity index is 2.67. The third kappa shape index (κ3) is 2.21. The molecule has 2 aromatic rings. The normalized spacial score (nSPS) is 12.8. The highest BCUT2D eigenvalue weighted by Gasteiger charge is 2.39. The van der Waals surface area contributed by atoms with Gasteiger partial charge in [0, 0.05) is 25.9 Å². The summed E-state index contributed by atoms with van der Waals surface area (Å²) < 4.78 is 25.0. The van der Waals surface area contributed by atoms with Crippen LogP contribution in [0.3, 0.4) is 0 Å². The molecule has 7 heteroatoms. The number of benzene rings is 1. The van der Waals surface area contributed by atoms with Crippen LogP contribution in [0.15, 0.2) is 23.0 Å². The zero-order valence-electron chi connectivity index (χ0n) is 12.7. The number of hydrogen-bond acceptors (Lipinski definition) is 4. The van der Waals surface area contributed by atoms with Gasteiger partial charge in [0.15, 0.2) is 15.6 Å². The Bertz CT molecular complexity index is 901. The lowest BCUT2D eigenvalue weighted by atomic mass is 10.00. The predicted molar refractivity (Wildman–Crippen MR) is 81.4 cm³/mol. The van der Waals surface area contributed by atoms with Crippen LogP contribution in [0.4, 0.5) is 0 Å². The van der Waals surface area contributed by atoms with Crippen LogP contribution in [-0.2, 0) is 23.9 Å². The van der Waals surface area contributed by atoms with E-state index in [-0.39, 0.29) is 11.3 Å². The van der Waals surface area contributed by atoms with Crippen LogP contribution in [0.25, 0.3) is 11.0 Å². The maximum atomic E-state index is 12.5. The summed E-state index contributed by atoms with van der Waals surface area (Å²) >= 11 is 0. The van der Waals surface area contributed by atoms with Crippen molar-refractivity contribution >= 4 is 26.7 Å². The number of nitrogens with zero attached hydrogens (tertiary/aromatic N) is 2. The summed E-state index contributed by atoms with van der Waals surface area (Å²) in [5.74, 6) is -0.483. The number of aryl methyl sites for hydroxylation is 2. The third-order valence-electron chi connectivity index (χ3n) is 4.01. The quantitative estimate of drug-likeness (QED) is 0.789. The van der Waals surface area contributed by atoms with Crippen molar-refractivity contribution in [3.8, 4) is 0 Å². The van der Waals surface area contributed by atoms with E-state index in [0.717, 1.165) is 6.26 Å². The van der Waals surface area contributed by atoms with E-state index in [1.54, 1.807) is 32.3 Å². The molecule has 0 atom stereocenters. The van der Waals surface area contributed by atoms with Crippen LogP contribution in [0.1, 0.15) is 24.2 Å². The van der Waals surface area contributed by atoms with E-state index in [1.807, 2.05) is 0 Å². The van der Waals surface area contributed by atoms with Gasteiger partial charge in [0.05, 0.1) is 11.0 Å². The summed E-state index contributed by atoms with van der Waals surface area (Å²) in [6.45, 7) is 2.78. The maximum absolute atomic E-state index is 12.5. The summed E-state index contributed by atoms with van der Waals surface area (Å²) in [5, 5.41) is 0. The van der Waals surface area contributed by atoms with Crippen LogP contribution in [0, 0.1) is 0 Å². The summed E-state index contributed by atoms with van der Waals surface area (Å²) in [5.41, 5.74) is 1.37. The summed E-state index contributed by atoms with van der Waals surface area (Å²) in [4.78, 5) is 24.4. The van der Waals surface area contributed by atoms with Gasteiger partial charge in [-0.3, -0.25) is 13.9 Å². The van der Waals surface area contributed by atoms with Gasteiger partial charge in [-0.2, -0.15) is 0 Å². The van der Waals surface area contributed by atoms with Gasteiger partial charge in [-0.25, -0.2) is 13.2 Å². The van der Waals surface area contributed by atoms with Crippen molar-refractivity contribution in [3.05, 3.63) is 34.2 Å². The summed E-state index contributed by atoms with van der Waals surface area (Å²) in [6, 6.07) is 4.77. The van der Waals surface area contributed by atoms with E-state index in [0.29, 0.717) is 11.0 Å². The average molecular weight is 310 g/mol. The number of sulfone groups is 1. The molecule has 1 aromatic heterocycles. The second-order valence-electron chi connectivity index (χ2n) is 5.72. The van der Waals surface area contributed by atoms with Gasteiger partial charge in [0.25, 0.3) is 0 Å². The number of fused-ring (bicyclic) bond motifs is 1. The molecule has 114 valence electrons. The molecule has 2 rings (SSSR count). The molecule has 0 N–H and O–H groups in total. The Hall–Kier alpha value is -1.89. The average Bonchev–Trinajstić information content (AvgIpc) is 2.61. The fourth-order valence-corrected chi connectivity index (χ4v) is 2.62. The second kappa shape index (κ2) is 4.56. The van der Waals surface area contributed by atoms with Crippen LogP contribution < -0.4 is 5.69 Å². The SMILES string of the molecule is Cn1c(=O)n(C)c2cc(C(=O)C(C)(C)S(C)(=O)=O)ccc21.